The van der Waals surface area contributed by atoms with Crippen LogP contribution < -0.4 is 0 Å². The average molecular weight is 288 g/mol. The van der Waals surface area contributed by atoms with Crippen molar-refractivity contribution in [2.24, 2.45) is 23.7 Å². The van der Waals surface area contributed by atoms with E-state index in [2.05, 4.69) is 46.8 Å². The normalized spacial score (nSPS) is 42.4. The number of hydrogen-bond acceptors (Lipinski definition) is 1. The summed E-state index contributed by atoms with van der Waals surface area (Å²) in [6, 6.07) is 0. The molecule has 0 aromatic carbocycles. The molecule has 21 heavy (non-hydrogen) atoms. The van der Waals surface area contributed by atoms with Gasteiger partial charge in [-0.2, -0.15) is 0 Å². The average Bonchev–Trinajstić information content (AvgIpc) is 2.89. The fraction of sp³-hybridized carbons (Fsp3) is 0.800. The smallest absolute Gasteiger partial charge is 0.0696 e. The van der Waals surface area contributed by atoms with Gasteiger partial charge in [0, 0.05) is 11.8 Å². The van der Waals surface area contributed by atoms with Crippen LogP contribution in [0.5, 0.6) is 0 Å². The molecule has 3 aliphatic rings. The Morgan fingerprint density at radius 3 is 2.95 bits per heavy atom. The maximum atomic E-state index is 6.63. The molecule has 2 heterocycles. The zero-order valence-corrected chi connectivity index (χ0v) is 14.5. The van der Waals surface area contributed by atoms with Crippen molar-refractivity contribution in [3.8, 4) is 0 Å². The van der Waals surface area contributed by atoms with Crippen LogP contribution >= 0.6 is 0 Å². The van der Waals surface area contributed by atoms with Crippen molar-refractivity contribution in [1.29, 1.82) is 0 Å². The molecule has 2 aliphatic heterocycles. The fourth-order valence-corrected chi connectivity index (χ4v) is 5.17. The first-order valence-electron chi connectivity index (χ1n) is 8.90. The highest BCUT2D eigenvalue weighted by Gasteiger charge is 2.58. The van der Waals surface area contributed by atoms with Gasteiger partial charge in [-0.25, -0.2) is 0 Å². The molecule has 118 valence electrons. The summed E-state index contributed by atoms with van der Waals surface area (Å²) in [7, 11) is 0. The fourth-order valence-electron chi connectivity index (χ4n) is 5.17. The van der Waals surface area contributed by atoms with Crippen LogP contribution in [0.1, 0.15) is 66.7 Å². The van der Waals surface area contributed by atoms with Crippen LogP contribution in [0.4, 0.5) is 0 Å². The summed E-state index contributed by atoms with van der Waals surface area (Å²) in [4.78, 5) is 0. The van der Waals surface area contributed by atoms with Gasteiger partial charge in [-0.05, 0) is 71.6 Å². The van der Waals surface area contributed by atoms with E-state index in [9.17, 15) is 0 Å². The quantitative estimate of drug-likeness (QED) is 0.619. The maximum Gasteiger partial charge on any atom is 0.0696 e. The monoisotopic (exact) mass is 288 g/mol. The lowest BCUT2D eigenvalue weighted by atomic mass is 9.77. The molecule has 0 aromatic rings. The van der Waals surface area contributed by atoms with Crippen molar-refractivity contribution >= 4 is 0 Å². The molecule has 2 bridgehead atoms. The second-order valence-corrected chi connectivity index (χ2v) is 8.25. The minimum Gasteiger partial charge on any atom is -0.371 e. The molecule has 0 spiro atoms. The standard InChI is InChI=1S/C20H32O/c1-13(2)7-6-8-14(3)16-11-12-20(5)17-10-9-15(4)18(17)19(16)21-20/h7,9,14,16-19H,6,8,10-12H2,1-5H3/t14-,16+,17-,18-,19-,20+/m1/s1. The minimum absolute atomic E-state index is 0.166. The Bertz CT molecular complexity index is 456. The van der Waals surface area contributed by atoms with Crippen LogP contribution in [0.3, 0.4) is 0 Å². The molecule has 2 saturated heterocycles. The van der Waals surface area contributed by atoms with E-state index in [-0.39, 0.29) is 5.60 Å². The lowest BCUT2D eigenvalue weighted by Crippen LogP contribution is -2.40. The predicted octanol–water partition coefficient (Wildman–Crippen LogP) is 5.52. The van der Waals surface area contributed by atoms with Crippen LogP contribution in [0.25, 0.3) is 0 Å². The van der Waals surface area contributed by atoms with Gasteiger partial charge in [-0.3, -0.25) is 0 Å². The largest absolute Gasteiger partial charge is 0.371 e. The number of allylic oxidation sites excluding steroid dienone is 3. The Balaban J connectivity index is 1.71. The van der Waals surface area contributed by atoms with Crippen molar-refractivity contribution in [3.63, 3.8) is 0 Å². The van der Waals surface area contributed by atoms with E-state index < -0.39 is 0 Å². The minimum atomic E-state index is 0.166. The van der Waals surface area contributed by atoms with E-state index in [0.29, 0.717) is 12.0 Å². The molecule has 1 aliphatic carbocycles. The summed E-state index contributed by atoms with van der Waals surface area (Å²) >= 11 is 0. The Morgan fingerprint density at radius 2 is 2.24 bits per heavy atom. The summed E-state index contributed by atoms with van der Waals surface area (Å²) < 4.78 is 6.63. The van der Waals surface area contributed by atoms with Gasteiger partial charge in [0.05, 0.1) is 11.7 Å². The molecule has 0 radical (unpaired) electrons. The zero-order chi connectivity index (χ0) is 15.2. The van der Waals surface area contributed by atoms with Crippen LogP contribution in [0, 0.1) is 23.7 Å². The van der Waals surface area contributed by atoms with E-state index >= 15 is 0 Å². The molecule has 2 fully saturated rings. The van der Waals surface area contributed by atoms with Crippen LogP contribution in [0.15, 0.2) is 23.3 Å². The lowest BCUT2D eigenvalue weighted by Gasteiger charge is -2.40. The molecule has 0 amide bonds. The molecule has 0 saturated carbocycles. The van der Waals surface area contributed by atoms with Gasteiger partial charge in [0.2, 0.25) is 0 Å². The van der Waals surface area contributed by atoms with Crippen LogP contribution in [0.2, 0.25) is 0 Å². The molecule has 3 rings (SSSR count). The molecule has 6 atom stereocenters. The highest BCUT2D eigenvalue weighted by Crippen LogP contribution is 2.58. The number of rotatable bonds is 4. The van der Waals surface area contributed by atoms with Crippen molar-refractivity contribution in [3.05, 3.63) is 23.3 Å². The van der Waals surface area contributed by atoms with Gasteiger partial charge >= 0.3 is 0 Å². The zero-order valence-electron chi connectivity index (χ0n) is 14.5. The van der Waals surface area contributed by atoms with Gasteiger partial charge in [0.1, 0.15) is 0 Å². The first kappa shape index (κ1) is 15.3. The van der Waals surface area contributed by atoms with Gasteiger partial charge in [0.25, 0.3) is 0 Å². The molecular formula is C20H32O. The van der Waals surface area contributed by atoms with Crippen molar-refractivity contribution < 1.29 is 4.74 Å². The highest BCUT2D eigenvalue weighted by atomic mass is 16.5. The number of hydrogen-bond donors (Lipinski definition) is 0. The number of fused-ring (bicyclic) bond motifs is 5. The lowest BCUT2D eigenvalue weighted by molar-refractivity contribution is -0.118. The molecule has 1 heteroatoms. The Morgan fingerprint density at radius 1 is 1.48 bits per heavy atom. The Hall–Kier alpha value is -0.560. The molecular weight excluding hydrogens is 256 g/mol. The first-order chi connectivity index (χ1) is 9.92. The van der Waals surface area contributed by atoms with Crippen molar-refractivity contribution in [1.82, 2.24) is 0 Å². The third-order valence-electron chi connectivity index (χ3n) is 6.50. The summed E-state index contributed by atoms with van der Waals surface area (Å²) in [5, 5.41) is 0. The SMILES string of the molecule is CC(C)=CCC[C@@H](C)[C@@H]1CC[C@]2(C)O[C@H]1[C@@H]1C(C)=CC[C@H]12. The molecule has 0 aromatic heterocycles. The Kier molecular flexibility index (Phi) is 4.07. The van der Waals surface area contributed by atoms with Crippen molar-refractivity contribution in [2.75, 3.05) is 0 Å². The topological polar surface area (TPSA) is 9.23 Å². The van der Waals surface area contributed by atoms with Crippen LogP contribution in [-0.4, -0.2) is 11.7 Å². The molecule has 0 unspecified atom stereocenters. The first-order valence-corrected chi connectivity index (χ1v) is 8.90. The van der Waals surface area contributed by atoms with Gasteiger partial charge in [-0.15, -0.1) is 0 Å². The van der Waals surface area contributed by atoms with E-state index in [1.54, 1.807) is 5.57 Å². The third-order valence-corrected chi connectivity index (χ3v) is 6.50. The summed E-state index contributed by atoms with van der Waals surface area (Å²) in [5.74, 6) is 3.02. The molecule has 0 N–H and O–H groups in total. The van der Waals surface area contributed by atoms with E-state index in [1.165, 1.54) is 37.7 Å². The van der Waals surface area contributed by atoms with Gasteiger partial charge in [0.15, 0.2) is 0 Å². The summed E-state index contributed by atoms with van der Waals surface area (Å²) in [6.45, 7) is 11.6. The summed E-state index contributed by atoms with van der Waals surface area (Å²) in [5.41, 5.74) is 3.22. The predicted molar refractivity (Wildman–Crippen MR) is 89.2 cm³/mol. The second-order valence-electron chi connectivity index (χ2n) is 8.25. The van der Waals surface area contributed by atoms with Gasteiger partial charge in [-0.1, -0.05) is 30.2 Å². The second kappa shape index (κ2) is 5.57. The van der Waals surface area contributed by atoms with E-state index in [1.807, 2.05) is 0 Å². The van der Waals surface area contributed by atoms with E-state index in [4.69, 9.17) is 4.74 Å². The van der Waals surface area contributed by atoms with Crippen molar-refractivity contribution in [2.45, 2.75) is 78.4 Å². The number of ether oxygens (including phenoxy) is 1. The summed E-state index contributed by atoms with van der Waals surface area (Å²) in [6.07, 6.45) is 11.8. The highest BCUT2D eigenvalue weighted by molar-refractivity contribution is 5.23. The van der Waals surface area contributed by atoms with Crippen LogP contribution in [-0.2, 0) is 4.74 Å². The van der Waals surface area contributed by atoms with E-state index in [0.717, 1.165) is 17.8 Å². The Labute approximate surface area is 130 Å². The third kappa shape index (κ3) is 2.63. The maximum absolute atomic E-state index is 6.63. The van der Waals surface area contributed by atoms with Gasteiger partial charge < -0.3 is 4.74 Å². The molecule has 1 nitrogen and oxygen atoms in total.